The number of hydrogen-bond donors (Lipinski definition) is 2. The summed E-state index contributed by atoms with van der Waals surface area (Å²) in [6.45, 7) is 2.15. The van der Waals surface area contributed by atoms with Crippen molar-refractivity contribution in [2.24, 2.45) is 5.92 Å². The lowest BCUT2D eigenvalue weighted by Crippen LogP contribution is -2.37. The summed E-state index contributed by atoms with van der Waals surface area (Å²) in [4.78, 5) is 25.8. The second kappa shape index (κ2) is 7.82. The first-order chi connectivity index (χ1) is 12.5. The van der Waals surface area contributed by atoms with Gasteiger partial charge in [0.25, 0.3) is 0 Å². The molecule has 3 aromatic rings. The number of aromatic nitrogens is 2. The maximum Gasteiger partial charge on any atom is 0.308 e. The van der Waals surface area contributed by atoms with Crippen LogP contribution >= 0.6 is 0 Å². The Morgan fingerprint density at radius 3 is 2.54 bits per heavy atom. The van der Waals surface area contributed by atoms with Crippen molar-refractivity contribution >= 4 is 22.8 Å². The smallest absolute Gasteiger partial charge is 0.308 e. The van der Waals surface area contributed by atoms with Gasteiger partial charge in [-0.1, -0.05) is 55.5 Å². The van der Waals surface area contributed by atoms with Gasteiger partial charge in [-0.05, 0) is 11.6 Å². The molecule has 6 heteroatoms. The highest BCUT2D eigenvalue weighted by atomic mass is 16.4. The second-order valence-corrected chi connectivity index (χ2v) is 6.40. The molecule has 26 heavy (non-hydrogen) atoms. The highest BCUT2D eigenvalue weighted by Gasteiger charge is 2.22. The van der Waals surface area contributed by atoms with Crippen molar-refractivity contribution in [2.75, 3.05) is 6.54 Å². The summed E-state index contributed by atoms with van der Waals surface area (Å²) in [6, 6.07) is 17.2. The third-order valence-electron chi connectivity index (χ3n) is 4.35. The fraction of sp³-hybridized carbons (Fsp3) is 0.250. The number of amides is 1. The van der Waals surface area contributed by atoms with Gasteiger partial charge in [0.15, 0.2) is 0 Å². The van der Waals surface area contributed by atoms with Gasteiger partial charge in [-0.25, -0.2) is 0 Å². The van der Waals surface area contributed by atoms with E-state index in [1.54, 1.807) is 11.8 Å². The molecule has 2 N–H and O–H groups in total. The van der Waals surface area contributed by atoms with E-state index in [9.17, 15) is 14.7 Å². The second-order valence-electron chi connectivity index (χ2n) is 6.40. The lowest BCUT2D eigenvalue weighted by Gasteiger charge is -2.24. The number of benzene rings is 2. The molecule has 1 amide bonds. The summed E-state index contributed by atoms with van der Waals surface area (Å²) in [5.74, 6) is -1.68. The van der Waals surface area contributed by atoms with Crippen LogP contribution in [-0.4, -0.2) is 38.6 Å². The van der Waals surface area contributed by atoms with Gasteiger partial charge in [0, 0.05) is 18.5 Å². The van der Waals surface area contributed by atoms with Crippen LogP contribution in [0.1, 0.15) is 18.2 Å². The number of hydrogen-bond acceptors (Lipinski definition) is 3. The Labute approximate surface area is 151 Å². The molecule has 134 valence electrons. The molecule has 0 bridgehead atoms. The van der Waals surface area contributed by atoms with Crippen molar-refractivity contribution < 1.29 is 14.7 Å². The number of carboxylic acids is 1. The van der Waals surface area contributed by atoms with Crippen LogP contribution in [0.2, 0.25) is 0 Å². The zero-order chi connectivity index (χ0) is 18.5. The maximum atomic E-state index is 12.9. The third kappa shape index (κ3) is 4.08. The molecule has 1 heterocycles. The standard InChI is InChI=1S/C20H21N3O3/c1-14(20(25)26)12-23(13-15-7-3-2-4-8-15)19(24)11-18-16-9-5-6-10-17(16)21-22-18/h2-10,14H,11-13H2,1H3,(H,21,22)(H,25,26). The minimum atomic E-state index is -0.914. The summed E-state index contributed by atoms with van der Waals surface area (Å²) < 4.78 is 0. The summed E-state index contributed by atoms with van der Waals surface area (Å²) in [7, 11) is 0. The van der Waals surface area contributed by atoms with E-state index in [4.69, 9.17) is 0 Å². The number of nitrogens with zero attached hydrogens (tertiary/aromatic N) is 2. The predicted octanol–water partition coefficient (Wildman–Crippen LogP) is 2.85. The molecule has 0 aliphatic rings. The quantitative estimate of drug-likeness (QED) is 0.685. The van der Waals surface area contributed by atoms with Crippen LogP contribution in [0.15, 0.2) is 54.6 Å². The van der Waals surface area contributed by atoms with Crippen LogP contribution in [0, 0.1) is 5.92 Å². The largest absolute Gasteiger partial charge is 0.481 e. The Morgan fingerprint density at radius 1 is 1.12 bits per heavy atom. The Morgan fingerprint density at radius 2 is 1.81 bits per heavy atom. The van der Waals surface area contributed by atoms with E-state index in [1.165, 1.54) is 0 Å². The van der Waals surface area contributed by atoms with Gasteiger partial charge in [-0.2, -0.15) is 5.10 Å². The van der Waals surface area contributed by atoms with Crippen molar-refractivity contribution in [1.82, 2.24) is 15.1 Å². The summed E-state index contributed by atoms with van der Waals surface area (Å²) in [5.41, 5.74) is 2.52. The molecule has 1 unspecified atom stereocenters. The van der Waals surface area contributed by atoms with E-state index >= 15 is 0 Å². The van der Waals surface area contributed by atoms with E-state index in [0.717, 1.165) is 22.2 Å². The van der Waals surface area contributed by atoms with Gasteiger partial charge >= 0.3 is 5.97 Å². The van der Waals surface area contributed by atoms with Gasteiger partial charge < -0.3 is 10.0 Å². The van der Waals surface area contributed by atoms with Crippen molar-refractivity contribution in [2.45, 2.75) is 19.9 Å². The van der Waals surface area contributed by atoms with Crippen molar-refractivity contribution in [3.63, 3.8) is 0 Å². The number of carboxylic acid groups (broad SMARTS) is 1. The summed E-state index contributed by atoms with van der Waals surface area (Å²) in [5, 5.41) is 17.3. The first-order valence-corrected chi connectivity index (χ1v) is 8.51. The van der Waals surface area contributed by atoms with E-state index in [1.807, 2.05) is 54.6 Å². The Balaban J connectivity index is 1.80. The van der Waals surface area contributed by atoms with E-state index in [0.29, 0.717) is 6.54 Å². The van der Waals surface area contributed by atoms with Crippen LogP contribution in [-0.2, 0) is 22.6 Å². The Bertz CT molecular complexity index is 905. The normalized spacial score (nSPS) is 12.0. The first-order valence-electron chi connectivity index (χ1n) is 8.51. The maximum absolute atomic E-state index is 12.9. The molecule has 0 aliphatic heterocycles. The lowest BCUT2D eigenvalue weighted by atomic mass is 10.1. The highest BCUT2D eigenvalue weighted by molar-refractivity contribution is 5.87. The molecule has 0 fully saturated rings. The Hall–Kier alpha value is -3.15. The number of carbonyl (C=O) groups is 2. The number of aliphatic carboxylic acids is 1. The highest BCUT2D eigenvalue weighted by Crippen LogP contribution is 2.17. The van der Waals surface area contributed by atoms with Crippen LogP contribution in [0.3, 0.4) is 0 Å². The van der Waals surface area contributed by atoms with Gasteiger partial charge in [0.2, 0.25) is 5.91 Å². The molecule has 3 rings (SSSR count). The molecule has 1 atom stereocenters. The van der Waals surface area contributed by atoms with Gasteiger partial charge in [0.1, 0.15) is 0 Å². The van der Waals surface area contributed by atoms with E-state index < -0.39 is 11.9 Å². The van der Waals surface area contributed by atoms with E-state index in [-0.39, 0.29) is 18.9 Å². The van der Waals surface area contributed by atoms with Crippen LogP contribution < -0.4 is 0 Å². The fourth-order valence-electron chi connectivity index (χ4n) is 2.88. The minimum Gasteiger partial charge on any atom is -0.481 e. The topological polar surface area (TPSA) is 86.3 Å². The van der Waals surface area contributed by atoms with Crippen molar-refractivity contribution in [1.29, 1.82) is 0 Å². The zero-order valence-electron chi connectivity index (χ0n) is 14.6. The average Bonchev–Trinajstić information content (AvgIpc) is 3.05. The molecule has 0 spiro atoms. The Kier molecular flexibility index (Phi) is 5.31. The average molecular weight is 351 g/mol. The van der Waals surface area contributed by atoms with Crippen molar-refractivity contribution in [3.05, 3.63) is 65.9 Å². The number of rotatable bonds is 7. The third-order valence-corrected chi connectivity index (χ3v) is 4.35. The molecule has 6 nitrogen and oxygen atoms in total. The molecule has 0 aliphatic carbocycles. The number of aromatic amines is 1. The fourth-order valence-corrected chi connectivity index (χ4v) is 2.88. The van der Waals surface area contributed by atoms with Crippen LogP contribution in [0.4, 0.5) is 0 Å². The summed E-state index contributed by atoms with van der Waals surface area (Å²) in [6.07, 6.45) is 0.152. The number of fused-ring (bicyclic) bond motifs is 1. The number of H-pyrrole nitrogens is 1. The molecular formula is C20H21N3O3. The van der Waals surface area contributed by atoms with Crippen molar-refractivity contribution in [3.8, 4) is 0 Å². The molecule has 1 aromatic heterocycles. The molecular weight excluding hydrogens is 330 g/mol. The van der Waals surface area contributed by atoms with Gasteiger partial charge in [-0.15, -0.1) is 0 Å². The van der Waals surface area contributed by atoms with Crippen LogP contribution in [0.25, 0.3) is 10.9 Å². The molecule has 0 saturated heterocycles. The zero-order valence-corrected chi connectivity index (χ0v) is 14.6. The van der Waals surface area contributed by atoms with Gasteiger partial charge in [-0.3, -0.25) is 14.7 Å². The van der Waals surface area contributed by atoms with Gasteiger partial charge in [0.05, 0.1) is 23.5 Å². The predicted molar refractivity (Wildman–Crippen MR) is 98.5 cm³/mol. The number of nitrogens with one attached hydrogen (secondary N) is 1. The summed E-state index contributed by atoms with van der Waals surface area (Å²) >= 11 is 0. The van der Waals surface area contributed by atoms with E-state index in [2.05, 4.69) is 10.2 Å². The minimum absolute atomic E-state index is 0.128. The SMILES string of the molecule is CC(CN(Cc1ccccc1)C(=O)Cc1[nH]nc2ccccc12)C(=O)O. The molecule has 0 saturated carbocycles. The molecule has 2 aromatic carbocycles. The monoisotopic (exact) mass is 351 g/mol. The molecule has 0 radical (unpaired) electrons. The number of para-hydroxylation sites is 1. The first kappa shape index (κ1) is 17.7. The van der Waals surface area contributed by atoms with Crippen LogP contribution in [0.5, 0.6) is 0 Å². The lowest BCUT2D eigenvalue weighted by molar-refractivity contribution is -0.143. The number of carbonyl (C=O) groups excluding carboxylic acids is 1.